The van der Waals surface area contributed by atoms with Crippen LogP contribution < -0.4 is 11.1 Å². The molecule has 0 unspecified atom stereocenters. The summed E-state index contributed by atoms with van der Waals surface area (Å²) < 4.78 is 0. The highest BCUT2D eigenvalue weighted by Crippen LogP contribution is 2.19. The number of amides is 2. The molecule has 2 aromatic carbocycles. The molecule has 3 N–H and O–H groups in total. The fourth-order valence-corrected chi connectivity index (χ4v) is 2.74. The van der Waals surface area contributed by atoms with Gasteiger partial charge in [-0.1, -0.05) is 36.4 Å². The van der Waals surface area contributed by atoms with Crippen LogP contribution in [-0.4, -0.2) is 27.8 Å². The molecular formula is C19H16N4O4. The maximum absolute atomic E-state index is 12.5. The highest BCUT2D eigenvalue weighted by atomic mass is 16.6. The van der Waals surface area contributed by atoms with Crippen LogP contribution in [0.3, 0.4) is 0 Å². The predicted molar refractivity (Wildman–Crippen MR) is 99.0 cm³/mol. The molecule has 0 aliphatic carbocycles. The fourth-order valence-electron chi connectivity index (χ4n) is 2.74. The quantitative estimate of drug-likeness (QED) is 0.510. The van der Waals surface area contributed by atoms with Gasteiger partial charge in [0.2, 0.25) is 5.91 Å². The van der Waals surface area contributed by atoms with Crippen molar-refractivity contribution in [2.45, 2.75) is 12.5 Å². The zero-order chi connectivity index (χ0) is 19.4. The van der Waals surface area contributed by atoms with Gasteiger partial charge in [-0.3, -0.25) is 24.7 Å². The van der Waals surface area contributed by atoms with E-state index in [1.54, 1.807) is 12.1 Å². The Kier molecular flexibility index (Phi) is 5.07. The van der Waals surface area contributed by atoms with Crippen molar-refractivity contribution in [3.05, 3.63) is 82.0 Å². The number of nitrogens with zero attached hydrogens (tertiary/aromatic N) is 2. The number of nitro benzene ring substituents is 1. The van der Waals surface area contributed by atoms with Crippen LogP contribution >= 0.6 is 0 Å². The molecule has 3 rings (SSSR count). The number of fused-ring (bicyclic) bond motifs is 1. The molecule has 1 atom stereocenters. The van der Waals surface area contributed by atoms with E-state index in [2.05, 4.69) is 10.3 Å². The molecule has 0 aliphatic heterocycles. The highest BCUT2D eigenvalue weighted by molar-refractivity contribution is 5.99. The Morgan fingerprint density at radius 3 is 2.59 bits per heavy atom. The van der Waals surface area contributed by atoms with Crippen LogP contribution in [0.4, 0.5) is 5.69 Å². The number of hydrogen-bond acceptors (Lipinski definition) is 5. The number of rotatable bonds is 6. The summed E-state index contributed by atoms with van der Waals surface area (Å²) in [5.74, 6) is -1.31. The minimum atomic E-state index is -1.09. The Balaban J connectivity index is 1.82. The molecule has 0 saturated carbocycles. The lowest BCUT2D eigenvalue weighted by atomic mass is 10.0. The van der Waals surface area contributed by atoms with E-state index in [4.69, 9.17) is 5.73 Å². The van der Waals surface area contributed by atoms with Crippen molar-refractivity contribution >= 4 is 28.4 Å². The van der Waals surface area contributed by atoms with E-state index >= 15 is 0 Å². The molecule has 2 amide bonds. The number of nitro groups is 1. The summed E-state index contributed by atoms with van der Waals surface area (Å²) in [5, 5.41) is 14.4. The lowest BCUT2D eigenvalue weighted by Crippen LogP contribution is -2.46. The molecule has 0 aliphatic rings. The van der Waals surface area contributed by atoms with Gasteiger partial charge in [-0.15, -0.1) is 0 Å². The Morgan fingerprint density at radius 1 is 1.15 bits per heavy atom. The van der Waals surface area contributed by atoms with Gasteiger partial charge in [0, 0.05) is 29.6 Å². The Labute approximate surface area is 154 Å². The standard InChI is InChI=1S/C19H16N4O4/c20-18(24)16(10-13-6-2-4-8-17(13)23(26)27)22-19(25)14-9-12-5-1-3-7-15(12)21-11-14/h1-9,11,16H,10H2,(H2,20,24)(H,22,25)/t16-/m0/s1. The van der Waals surface area contributed by atoms with Crippen molar-refractivity contribution in [3.63, 3.8) is 0 Å². The van der Waals surface area contributed by atoms with Gasteiger partial charge in [-0.25, -0.2) is 0 Å². The van der Waals surface area contributed by atoms with Gasteiger partial charge in [0.25, 0.3) is 11.6 Å². The van der Waals surface area contributed by atoms with Crippen LogP contribution in [0.1, 0.15) is 15.9 Å². The molecule has 0 spiro atoms. The lowest BCUT2D eigenvalue weighted by molar-refractivity contribution is -0.385. The van der Waals surface area contributed by atoms with Gasteiger partial charge >= 0.3 is 0 Å². The first kappa shape index (κ1) is 18.0. The summed E-state index contributed by atoms with van der Waals surface area (Å²) in [4.78, 5) is 39.1. The van der Waals surface area contributed by atoms with Gasteiger partial charge in [0.1, 0.15) is 6.04 Å². The maximum Gasteiger partial charge on any atom is 0.272 e. The average Bonchev–Trinajstić information content (AvgIpc) is 2.67. The van der Waals surface area contributed by atoms with E-state index in [1.807, 2.05) is 24.3 Å². The third kappa shape index (κ3) is 4.06. The minimum Gasteiger partial charge on any atom is -0.368 e. The van der Waals surface area contributed by atoms with Crippen molar-refractivity contribution in [2.24, 2.45) is 5.73 Å². The minimum absolute atomic E-state index is 0.0841. The van der Waals surface area contributed by atoms with Crippen molar-refractivity contribution in [1.82, 2.24) is 10.3 Å². The zero-order valence-electron chi connectivity index (χ0n) is 14.2. The van der Waals surface area contributed by atoms with Gasteiger partial charge in [-0.05, 0) is 12.1 Å². The van der Waals surface area contributed by atoms with Crippen LogP contribution in [0.5, 0.6) is 0 Å². The summed E-state index contributed by atoms with van der Waals surface area (Å²) in [7, 11) is 0. The molecule has 3 aromatic rings. The van der Waals surface area contributed by atoms with E-state index in [-0.39, 0.29) is 17.7 Å². The van der Waals surface area contributed by atoms with Crippen LogP contribution in [-0.2, 0) is 11.2 Å². The first-order valence-electron chi connectivity index (χ1n) is 8.13. The largest absolute Gasteiger partial charge is 0.368 e. The summed E-state index contributed by atoms with van der Waals surface area (Å²) in [6.07, 6.45) is 1.32. The fraction of sp³-hybridized carbons (Fsp3) is 0.105. The number of primary amides is 1. The maximum atomic E-state index is 12.5. The molecule has 27 heavy (non-hydrogen) atoms. The van der Waals surface area contributed by atoms with Gasteiger partial charge in [-0.2, -0.15) is 0 Å². The van der Waals surface area contributed by atoms with Crippen LogP contribution in [0, 0.1) is 10.1 Å². The Morgan fingerprint density at radius 2 is 1.85 bits per heavy atom. The number of para-hydroxylation sites is 2. The Bertz CT molecular complexity index is 1030. The van der Waals surface area contributed by atoms with E-state index in [0.29, 0.717) is 5.56 Å². The van der Waals surface area contributed by atoms with Crippen molar-refractivity contribution < 1.29 is 14.5 Å². The molecule has 8 heteroatoms. The lowest BCUT2D eigenvalue weighted by Gasteiger charge is -2.16. The molecule has 136 valence electrons. The second-order valence-electron chi connectivity index (χ2n) is 5.94. The second kappa shape index (κ2) is 7.61. The van der Waals surface area contributed by atoms with Crippen molar-refractivity contribution in [2.75, 3.05) is 0 Å². The number of hydrogen-bond donors (Lipinski definition) is 2. The predicted octanol–water partition coefficient (Wildman–Crippen LogP) is 1.97. The zero-order valence-corrected chi connectivity index (χ0v) is 14.2. The van der Waals surface area contributed by atoms with E-state index < -0.39 is 22.8 Å². The number of nitrogens with one attached hydrogen (secondary N) is 1. The number of pyridine rings is 1. The monoisotopic (exact) mass is 364 g/mol. The summed E-state index contributed by atoms with van der Waals surface area (Å²) >= 11 is 0. The third-order valence-electron chi connectivity index (χ3n) is 4.11. The van der Waals surface area contributed by atoms with Gasteiger partial charge in [0.15, 0.2) is 0 Å². The highest BCUT2D eigenvalue weighted by Gasteiger charge is 2.23. The normalized spacial score (nSPS) is 11.7. The molecular weight excluding hydrogens is 348 g/mol. The average molecular weight is 364 g/mol. The molecule has 1 aromatic heterocycles. The number of carbonyl (C=O) groups excluding carboxylic acids is 2. The number of carbonyl (C=O) groups is 2. The van der Waals surface area contributed by atoms with E-state index in [9.17, 15) is 19.7 Å². The van der Waals surface area contributed by atoms with Crippen molar-refractivity contribution in [1.29, 1.82) is 0 Å². The molecule has 0 radical (unpaired) electrons. The Hall–Kier alpha value is -3.81. The van der Waals surface area contributed by atoms with E-state index in [0.717, 1.165) is 10.9 Å². The molecule has 0 bridgehead atoms. The molecule has 0 fully saturated rings. The van der Waals surface area contributed by atoms with Crippen LogP contribution in [0.25, 0.3) is 10.9 Å². The first-order chi connectivity index (χ1) is 13.0. The molecule has 0 saturated heterocycles. The second-order valence-corrected chi connectivity index (χ2v) is 5.94. The summed E-state index contributed by atoms with van der Waals surface area (Å²) in [6.45, 7) is 0. The topological polar surface area (TPSA) is 128 Å². The molecule has 1 heterocycles. The van der Waals surface area contributed by atoms with E-state index in [1.165, 1.54) is 24.4 Å². The number of benzene rings is 2. The van der Waals surface area contributed by atoms with Gasteiger partial charge < -0.3 is 11.1 Å². The van der Waals surface area contributed by atoms with Crippen LogP contribution in [0.2, 0.25) is 0 Å². The summed E-state index contributed by atoms with van der Waals surface area (Å²) in [6, 6.07) is 13.9. The van der Waals surface area contributed by atoms with Gasteiger partial charge in [0.05, 0.1) is 16.0 Å². The third-order valence-corrected chi connectivity index (χ3v) is 4.11. The molecule has 8 nitrogen and oxygen atoms in total. The summed E-state index contributed by atoms with van der Waals surface area (Å²) in [5.41, 5.74) is 6.57. The first-order valence-corrected chi connectivity index (χ1v) is 8.13. The van der Waals surface area contributed by atoms with Crippen molar-refractivity contribution in [3.8, 4) is 0 Å². The van der Waals surface area contributed by atoms with Crippen LogP contribution in [0.15, 0.2) is 60.8 Å². The SMILES string of the molecule is NC(=O)[C@H](Cc1ccccc1[N+](=O)[O-])NC(=O)c1cnc2ccccc2c1. The number of aromatic nitrogens is 1. The number of nitrogens with two attached hydrogens (primary N) is 1. The smallest absolute Gasteiger partial charge is 0.272 e.